The van der Waals surface area contributed by atoms with Crippen molar-refractivity contribution in [3.63, 3.8) is 0 Å². The molecule has 0 aromatic heterocycles. The summed E-state index contributed by atoms with van der Waals surface area (Å²) in [5.74, 6) is -0.497. The third kappa shape index (κ3) is 4.85. The van der Waals surface area contributed by atoms with Crippen LogP contribution in [0, 0.1) is 0 Å². The number of nitrogens with zero attached hydrogens (tertiary/aromatic N) is 1. The average molecular weight is 313 g/mol. The lowest BCUT2D eigenvalue weighted by Crippen LogP contribution is -2.20. The zero-order valence-corrected chi connectivity index (χ0v) is 12.1. The van der Waals surface area contributed by atoms with Gasteiger partial charge in [-0.3, -0.25) is 9.59 Å². The van der Waals surface area contributed by atoms with Gasteiger partial charge in [0.2, 0.25) is 0 Å². The number of hydrogen-bond acceptors (Lipinski definition) is 5. The normalized spacial score (nSPS) is 10.4. The van der Waals surface area contributed by atoms with Gasteiger partial charge in [-0.15, -0.1) is 0 Å². The minimum absolute atomic E-state index is 0.0708. The molecular weight excluding hydrogens is 298 g/mol. The molecular formula is C16H15N3O4. The predicted molar refractivity (Wildman–Crippen MR) is 84.3 cm³/mol. The Balaban J connectivity index is 1.93. The lowest BCUT2D eigenvalue weighted by molar-refractivity contribution is -0.119. The van der Waals surface area contributed by atoms with E-state index in [0.717, 1.165) is 0 Å². The van der Waals surface area contributed by atoms with Crippen LogP contribution in [-0.2, 0) is 4.79 Å². The lowest BCUT2D eigenvalue weighted by Gasteiger charge is -2.04. The standard InChI is InChI=1S/C16H15N3O4/c17-15(21)10-23-13-7-5-11(6-8-13)16(22)19-18-9-12-3-1-2-4-14(12)20/h1-9,20H,10H2,(H2,17,21)(H,19,22). The quantitative estimate of drug-likeness (QED) is 0.545. The van der Waals surface area contributed by atoms with Crippen LogP contribution < -0.4 is 15.9 Å². The summed E-state index contributed by atoms with van der Waals surface area (Å²) in [6.45, 7) is -0.226. The number of aromatic hydroxyl groups is 1. The van der Waals surface area contributed by atoms with Crippen LogP contribution in [0.5, 0.6) is 11.5 Å². The molecule has 7 heteroatoms. The van der Waals surface area contributed by atoms with Gasteiger partial charge in [-0.05, 0) is 36.4 Å². The molecule has 7 nitrogen and oxygen atoms in total. The van der Waals surface area contributed by atoms with Crippen LogP contribution in [0.3, 0.4) is 0 Å². The Morgan fingerprint density at radius 2 is 1.87 bits per heavy atom. The van der Waals surface area contributed by atoms with E-state index in [1.54, 1.807) is 30.3 Å². The number of primary amides is 1. The number of phenolic OH excluding ortho intramolecular Hbond substituents is 1. The molecule has 2 aromatic rings. The van der Waals surface area contributed by atoms with E-state index in [4.69, 9.17) is 10.5 Å². The predicted octanol–water partition coefficient (Wildman–Crippen LogP) is 1.02. The molecule has 0 atom stereocenters. The fraction of sp³-hybridized carbons (Fsp3) is 0.0625. The van der Waals surface area contributed by atoms with Gasteiger partial charge in [-0.1, -0.05) is 12.1 Å². The second kappa shape index (κ2) is 7.60. The van der Waals surface area contributed by atoms with Crippen LogP contribution in [0.4, 0.5) is 0 Å². The first-order valence-electron chi connectivity index (χ1n) is 6.69. The number of para-hydroxylation sites is 1. The number of rotatable bonds is 6. The van der Waals surface area contributed by atoms with Gasteiger partial charge in [0.25, 0.3) is 11.8 Å². The van der Waals surface area contributed by atoms with Crippen molar-refractivity contribution in [2.24, 2.45) is 10.8 Å². The minimum atomic E-state index is -0.578. The second-order valence-electron chi connectivity index (χ2n) is 4.54. The maximum atomic E-state index is 11.9. The summed E-state index contributed by atoms with van der Waals surface area (Å²) in [7, 11) is 0. The Bertz CT molecular complexity index is 726. The van der Waals surface area contributed by atoms with Gasteiger partial charge in [-0.25, -0.2) is 5.43 Å². The summed E-state index contributed by atoms with van der Waals surface area (Å²) in [5.41, 5.74) is 8.17. The molecule has 0 heterocycles. The van der Waals surface area contributed by atoms with E-state index in [2.05, 4.69) is 10.5 Å². The van der Waals surface area contributed by atoms with Crippen molar-refractivity contribution in [3.8, 4) is 11.5 Å². The molecule has 0 aliphatic rings. The van der Waals surface area contributed by atoms with Crippen molar-refractivity contribution in [1.82, 2.24) is 5.43 Å². The minimum Gasteiger partial charge on any atom is -0.507 e. The molecule has 2 rings (SSSR count). The van der Waals surface area contributed by atoms with E-state index in [9.17, 15) is 14.7 Å². The largest absolute Gasteiger partial charge is 0.507 e. The van der Waals surface area contributed by atoms with Crippen molar-refractivity contribution in [1.29, 1.82) is 0 Å². The average Bonchev–Trinajstić information content (AvgIpc) is 2.55. The van der Waals surface area contributed by atoms with Crippen LogP contribution in [-0.4, -0.2) is 29.7 Å². The van der Waals surface area contributed by atoms with Crippen LogP contribution in [0.15, 0.2) is 53.6 Å². The Labute approximate surface area is 132 Å². The number of hydrogen-bond donors (Lipinski definition) is 3. The van der Waals surface area contributed by atoms with E-state index in [-0.39, 0.29) is 12.4 Å². The number of nitrogens with one attached hydrogen (secondary N) is 1. The number of carbonyl (C=O) groups is 2. The van der Waals surface area contributed by atoms with Gasteiger partial charge >= 0.3 is 0 Å². The first-order valence-corrected chi connectivity index (χ1v) is 6.69. The van der Waals surface area contributed by atoms with Gasteiger partial charge in [0.05, 0.1) is 6.21 Å². The number of hydrazone groups is 1. The first kappa shape index (κ1) is 16.0. The van der Waals surface area contributed by atoms with E-state index in [1.165, 1.54) is 24.4 Å². The molecule has 2 amide bonds. The van der Waals surface area contributed by atoms with E-state index < -0.39 is 11.8 Å². The molecule has 0 saturated carbocycles. The Morgan fingerprint density at radius 1 is 1.17 bits per heavy atom. The van der Waals surface area contributed by atoms with Gasteiger partial charge < -0.3 is 15.6 Å². The maximum Gasteiger partial charge on any atom is 0.271 e. The summed E-state index contributed by atoms with van der Waals surface area (Å²) < 4.78 is 5.09. The molecule has 0 aliphatic carbocycles. The van der Waals surface area contributed by atoms with Crippen LogP contribution in [0.1, 0.15) is 15.9 Å². The molecule has 0 fully saturated rings. The monoisotopic (exact) mass is 313 g/mol. The highest BCUT2D eigenvalue weighted by molar-refractivity contribution is 5.95. The van der Waals surface area contributed by atoms with Gasteiger partial charge in [0.15, 0.2) is 6.61 Å². The maximum absolute atomic E-state index is 11.9. The third-order valence-electron chi connectivity index (χ3n) is 2.80. The molecule has 0 aliphatic heterocycles. The Hall–Kier alpha value is -3.35. The smallest absolute Gasteiger partial charge is 0.271 e. The fourth-order valence-corrected chi connectivity index (χ4v) is 1.68. The number of carbonyl (C=O) groups excluding carboxylic acids is 2. The van der Waals surface area contributed by atoms with Crippen molar-refractivity contribution in [3.05, 3.63) is 59.7 Å². The molecule has 0 radical (unpaired) electrons. The highest BCUT2D eigenvalue weighted by Gasteiger charge is 2.05. The highest BCUT2D eigenvalue weighted by Crippen LogP contribution is 2.13. The molecule has 0 bridgehead atoms. The van der Waals surface area contributed by atoms with Crippen LogP contribution in [0.25, 0.3) is 0 Å². The fourth-order valence-electron chi connectivity index (χ4n) is 1.68. The van der Waals surface area contributed by atoms with E-state index in [0.29, 0.717) is 16.9 Å². The van der Waals surface area contributed by atoms with Crippen molar-refractivity contribution in [2.45, 2.75) is 0 Å². The Kier molecular flexibility index (Phi) is 5.30. The first-order chi connectivity index (χ1) is 11.1. The zero-order chi connectivity index (χ0) is 16.7. The molecule has 0 saturated heterocycles. The molecule has 2 aromatic carbocycles. The van der Waals surface area contributed by atoms with Crippen molar-refractivity contribution >= 4 is 18.0 Å². The van der Waals surface area contributed by atoms with E-state index >= 15 is 0 Å². The number of benzene rings is 2. The molecule has 0 unspecified atom stereocenters. The van der Waals surface area contributed by atoms with Crippen molar-refractivity contribution in [2.75, 3.05) is 6.61 Å². The number of phenols is 1. The van der Waals surface area contributed by atoms with Gasteiger partial charge in [0, 0.05) is 11.1 Å². The number of amides is 2. The molecule has 118 valence electrons. The molecule has 23 heavy (non-hydrogen) atoms. The topological polar surface area (TPSA) is 114 Å². The Morgan fingerprint density at radius 3 is 2.52 bits per heavy atom. The molecule has 0 spiro atoms. The molecule has 4 N–H and O–H groups in total. The van der Waals surface area contributed by atoms with Crippen molar-refractivity contribution < 1.29 is 19.4 Å². The highest BCUT2D eigenvalue weighted by atomic mass is 16.5. The van der Waals surface area contributed by atoms with Gasteiger partial charge in [0.1, 0.15) is 11.5 Å². The summed E-state index contributed by atoms with van der Waals surface area (Å²) >= 11 is 0. The second-order valence-corrected chi connectivity index (χ2v) is 4.54. The van der Waals surface area contributed by atoms with Crippen LogP contribution in [0.2, 0.25) is 0 Å². The zero-order valence-electron chi connectivity index (χ0n) is 12.1. The van der Waals surface area contributed by atoms with E-state index in [1.807, 2.05) is 0 Å². The summed E-state index contributed by atoms with van der Waals surface area (Å²) in [4.78, 5) is 22.5. The third-order valence-corrected chi connectivity index (χ3v) is 2.80. The van der Waals surface area contributed by atoms with Gasteiger partial charge in [-0.2, -0.15) is 5.10 Å². The number of nitrogens with two attached hydrogens (primary N) is 1. The summed E-state index contributed by atoms with van der Waals surface area (Å²) in [6, 6.07) is 12.8. The summed E-state index contributed by atoms with van der Waals surface area (Å²) in [6.07, 6.45) is 1.34. The SMILES string of the molecule is NC(=O)COc1ccc(C(=O)NN=Cc2ccccc2O)cc1. The summed E-state index contributed by atoms with van der Waals surface area (Å²) in [5, 5.41) is 13.3. The number of ether oxygens (including phenoxy) is 1. The van der Waals surface area contributed by atoms with Crippen LogP contribution >= 0.6 is 0 Å². The lowest BCUT2D eigenvalue weighted by atomic mass is 10.2.